The van der Waals surface area contributed by atoms with Crippen molar-refractivity contribution in [1.29, 1.82) is 0 Å². The van der Waals surface area contributed by atoms with E-state index in [9.17, 15) is 8.78 Å². The fourth-order valence-electron chi connectivity index (χ4n) is 1.89. The van der Waals surface area contributed by atoms with Gasteiger partial charge in [-0.25, -0.2) is 8.78 Å². The third-order valence-corrected chi connectivity index (χ3v) is 3.36. The van der Waals surface area contributed by atoms with Gasteiger partial charge in [0.25, 0.3) is 6.43 Å². The van der Waals surface area contributed by atoms with E-state index in [4.69, 9.17) is 5.11 Å². The highest BCUT2D eigenvalue weighted by Gasteiger charge is 2.23. The first kappa shape index (κ1) is 14.6. The number of aromatic nitrogens is 4. The van der Waals surface area contributed by atoms with E-state index in [1.165, 1.54) is 0 Å². The molecule has 0 aliphatic heterocycles. The molecule has 2 heterocycles. The quantitative estimate of drug-likeness (QED) is 0.849. The minimum atomic E-state index is -2.73. The molecule has 0 spiro atoms. The molecule has 0 amide bonds. The van der Waals surface area contributed by atoms with Crippen molar-refractivity contribution < 1.29 is 13.9 Å². The lowest BCUT2D eigenvalue weighted by Gasteiger charge is -2.29. The van der Waals surface area contributed by atoms with Crippen LogP contribution in [0, 0.1) is 0 Å². The summed E-state index contributed by atoms with van der Waals surface area (Å²) in [6.07, 6.45) is -1.44. The Labute approximate surface area is 114 Å². The van der Waals surface area contributed by atoms with Crippen molar-refractivity contribution in [2.24, 2.45) is 0 Å². The number of hydrogen-bond donors (Lipinski definition) is 2. The van der Waals surface area contributed by atoms with Gasteiger partial charge in [0.1, 0.15) is 5.82 Å². The number of rotatable bonds is 6. The van der Waals surface area contributed by atoms with Gasteiger partial charge < -0.3 is 10.4 Å². The Hall–Kier alpha value is -1.83. The molecular formula is C12H17F2N5O. The summed E-state index contributed by atoms with van der Waals surface area (Å²) < 4.78 is 26.6. The highest BCUT2D eigenvalue weighted by atomic mass is 19.3. The van der Waals surface area contributed by atoms with E-state index in [0.717, 1.165) is 10.9 Å². The molecule has 0 aliphatic rings. The van der Waals surface area contributed by atoms with Crippen LogP contribution in [-0.4, -0.2) is 37.1 Å². The number of fused-ring (bicyclic) bond motifs is 1. The number of hydrogen-bond acceptors (Lipinski definition) is 5. The fraction of sp³-hybridized carbons (Fsp3) is 0.583. The van der Waals surface area contributed by atoms with Gasteiger partial charge in [0, 0.05) is 12.1 Å². The minimum absolute atomic E-state index is 0.0362. The van der Waals surface area contributed by atoms with Crippen LogP contribution >= 0.6 is 0 Å². The molecule has 0 saturated heterocycles. The van der Waals surface area contributed by atoms with Crippen molar-refractivity contribution in [3.05, 3.63) is 18.0 Å². The number of halogens is 2. The third kappa shape index (κ3) is 2.84. The summed E-state index contributed by atoms with van der Waals surface area (Å²) in [4.78, 5) is 0. The summed E-state index contributed by atoms with van der Waals surface area (Å²) in [6.45, 7) is 3.95. The van der Waals surface area contributed by atoms with E-state index in [2.05, 4.69) is 20.6 Å². The lowest BCUT2D eigenvalue weighted by atomic mass is 9.95. The second kappa shape index (κ2) is 5.66. The predicted molar refractivity (Wildman–Crippen MR) is 69.8 cm³/mol. The first-order chi connectivity index (χ1) is 9.49. The predicted octanol–water partition coefficient (Wildman–Crippen LogP) is 2.02. The molecule has 20 heavy (non-hydrogen) atoms. The molecule has 1 unspecified atom stereocenters. The van der Waals surface area contributed by atoms with E-state index < -0.39 is 12.2 Å². The molecular weight excluding hydrogens is 268 g/mol. The molecule has 2 aromatic rings. The summed E-state index contributed by atoms with van der Waals surface area (Å²) in [6, 6.07) is 3.23. The van der Waals surface area contributed by atoms with Gasteiger partial charge in [0.15, 0.2) is 5.65 Å². The van der Waals surface area contributed by atoms with E-state index in [0.29, 0.717) is 12.2 Å². The lowest BCUT2D eigenvalue weighted by molar-refractivity contribution is 0.137. The van der Waals surface area contributed by atoms with Crippen LogP contribution in [0.2, 0.25) is 0 Å². The van der Waals surface area contributed by atoms with Crippen LogP contribution in [-0.2, 0) is 0 Å². The van der Waals surface area contributed by atoms with Gasteiger partial charge >= 0.3 is 0 Å². The molecule has 0 aromatic carbocycles. The van der Waals surface area contributed by atoms with Crippen molar-refractivity contribution in [2.45, 2.75) is 38.7 Å². The Balaban J connectivity index is 2.33. The summed E-state index contributed by atoms with van der Waals surface area (Å²) in [7, 11) is 0. The molecule has 1 atom stereocenters. The second-order valence-corrected chi connectivity index (χ2v) is 4.86. The van der Waals surface area contributed by atoms with Crippen LogP contribution in [0.3, 0.4) is 0 Å². The molecule has 0 saturated carbocycles. The summed E-state index contributed by atoms with van der Waals surface area (Å²) in [5, 5.41) is 23.4. The number of anilines is 1. The largest absolute Gasteiger partial charge is 0.396 e. The van der Waals surface area contributed by atoms with Crippen molar-refractivity contribution in [3.63, 3.8) is 0 Å². The van der Waals surface area contributed by atoms with Crippen LogP contribution in [0.15, 0.2) is 12.1 Å². The van der Waals surface area contributed by atoms with Gasteiger partial charge in [-0.2, -0.15) is 4.52 Å². The van der Waals surface area contributed by atoms with Crippen molar-refractivity contribution >= 4 is 11.5 Å². The molecule has 8 heteroatoms. The highest BCUT2D eigenvalue weighted by Crippen LogP contribution is 2.22. The molecule has 2 N–H and O–H groups in total. The molecule has 110 valence electrons. The Kier molecular flexibility index (Phi) is 4.12. The highest BCUT2D eigenvalue weighted by molar-refractivity contribution is 5.45. The van der Waals surface area contributed by atoms with Crippen molar-refractivity contribution in [1.82, 2.24) is 19.8 Å². The monoisotopic (exact) mass is 285 g/mol. The van der Waals surface area contributed by atoms with Gasteiger partial charge in [-0.1, -0.05) is 6.92 Å². The normalized spacial score (nSPS) is 14.7. The summed E-state index contributed by atoms with van der Waals surface area (Å²) >= 11 is 0. The van der Waals surface area contributed by atoms with Gasteiger partial charge in [-0.3, -0.25) is 0 Å². The summed E-state index contributed by atoms with van der Waals surface area (Å²) in [5.41, 5.74) is -0.0831. The van der Waals surface area contributed by atoms with Gasteiger partial charge in [-0.15, -0.1) is 15.3 Å². The number of aliphatic hydroxyl groups is 1. The molecule has 0 aliphatic carbocycles. The van der Waals surface area contributed by atoms with E-state index >= 15 is 0 Å². The molecule has 2 aromatic heterocycles. The van der Waals surface area contributed by atoms with Gasteiger partial charge in [0.05, 0.1) is 0 Å². The first-order valence-corrected chi connectivity index (χ1v) is 6.38. The lowest BCUT2D eigenvalue weighted by Crippen LogP contribution is -2.35. The van der Waals surface area contributed by atoms with Gasteiger partial charge in [-0.05, 0) is 31.9 Å². The number of aliphatic hydroxyl groups excluding tert-OH is 1. The van der Waals surface area contributed by atoms with E-state index in [1.54, 1.807) is 12.1 Å². The Morgan fingerprint density at radius 2 is 2.15 bits per heavy atom. The molecule has 2 rings (SSSR count). The fourth-order valence-corrected chi connectivity index (χ4v) is 1.89. The van der Waals surface area contributed by atoms with Crippen LogP contribution in [0.25, 0.3) is 5.65 Å². The number of nitrogens with zero attached hydrogens (tertiary/aromatic N) is 4. The second-order valence-electron chi connectivity index (χ2n) is 4.86. The zero-order valence-corrected chi connectivity index (χ0v) is 11.3. The maximum atomic E-state index is 12.8. The number of nitrogens with one attached hydrogen (secondary N) is 1. The van der Waals surface area contributed by atoms with Crippen LogP contribution in [0.5, 0.6) is 0 Å². The van der Waals surface area contributed by atoms with Crippen molar-refractivity contribution in [2.75, 3.05) is 11.9 Å². The maximum Gasteiger partial charge on any atom is 0.299 e. The molecule has 0 radical (unpaired) electrons. The van der Waals surface area contributed by atoms with E-state index in [1.807, 2.05) is 13.8 Å². The molecule has 0 bridgehead atoms. The Bertz CT molecular complexity index is 588. The average molecular weight is 285 g/mol. The molecule has 0 fully saturated rings. The standard InChI is InChI=1S/C12H17F2N5O/c1-3-12(2,6-7-20)15-8-4-5-9-16-17-11(10(13)14)19(9)18-8/h4-5,10,20H,3,6-7H2,1-2H3,(H,15,18). The van der Waals surface area contributed by atoms with Crippen LogP contribution < -0.4 is 5.32 Å². The minimum Gasteiger partial charge on any atom is -0.396 e. The SMILES string of the molecule is CCC(C)(CCO)Nc1ccc2nnc(C(F)F)n2n1. The Morgan fingerprint density at radius 1 is 1.40 bits per heavy atom. The zero-order valence-electron chi connectivity index (χ0n) is 11.3. The van der Waals surface area contributed by atoms with E-state index in [-0.39, 0.29) is 17.8 Å². The zero-order chi connectivity index (χ0) is 14.8. The topological polar surface area (TPSA) is 75.3 Å². The number of alkyl halides is 2. The smallest absolute Gasteiger partial charge is 0.299 e. The Morgan fingerprint density at radius 3 is 2.75 bits per heavy atom. The average Bonchev–Trinajstić information content (AvgIpc) is 2.82. The van der Waals surface area contributed by atoms with Crippen LogP contribution in [0.1, 0.15) is 38.9 Å². The van der Waals surface area contributed by atoms with Crippen molar-refractivity contribution in [3.8, 4) is 0 Å². The molecule has 6 nitrogen and oxygen atoms in total. The van der Waals surface area contributed by atoms with Crippen LogP contribution in [0.4, 0.5) is 14.6 Å². The summed E-state index contributed by atoms with van der Waals surface area (Å²) in [5.74, 6) is -0.0407. The maximum absolute atomic E-state index is 12.8. The first-order valence-electron chi connectivity index (χ1n) is 6.38. The van der Waals surface area contributed by atoms with Gasteiger partial charge in [0.2, 0.25) is 5.82 Å². The third-order valence-electron chi connectivity index (χ3n) is 3.36.